The highest BCUT2D eigenvalue weighted by Gasteiger charge is 2.38. The summed E-state index contributed by atoms with van der Waals surface area (Å²) >= 11 is 1.98. The Bertz CT molecular complexity index is 426. The molecule has 0 bridgehead atoms. The second-order valence-electron chi connectivity index (χ2n) is 2.57. The fraction of sp³-hybridized carbons (Fsp3) is 0.125. The molecular formula is C8H4F2IN3O. The summed E-state index contributed by atoms with van der Waals surface area (Å²) < 4.78 is 26.5. The van der Waals surface area contributed by atoms with Crippen LogP contribution in [0.15, 0.2) is 29.4 Å². The van der Waals surface area contributed by atoms with E-state index in [0.717, 1.165) is 3.57 Å². The third-order valence-corrected chi connectivity index (χ3v) is 2.27. The van der Waals surface area contributed by atoms with Gasteiger partial charge in [0, 0.05) is 14.0 Å². The highest BCUT2D eigenvalue weighted by Crippen LogP contribution is 2.22. The minimum Gasteiger partial charge on any atom is -0.287 e. The molecule has 0 unspecified atom stereocenters. The lowest BCUT2D eigenvalue weighted by Gasteiger charge is -2.07. The van der Waals surface area contributed by atoms with Crippen LogP contribution in [-0.4, -0.2) is 11.8 Å². The maximum absolute atomic E-state index is 12.8. The minimum atomic E-state index is -4.03. The van der Waals surface area contributed by atoms with Crippen LogP contribution in [0.5, 0.6) is 0 Å². The van der Waals surface area contributed by atoms with Crippen LogP contribution in [0.3, 0.4) is 0 Å². The van der Waals surface area contributed by atoms with Gasteiger partial charge in [-0.25, -0.2) is 0 Å². The van der Waals surface area contributed by atoms with Crippen molar-refractivity contribution >= 4 is 28.4 Å². The Kier molecular flexibility index (Phi) is 3.59. The predicted octanol–water partition coefficient (Wildman–Crippen LogP) is 3.38. The Hall–Kier alpha value is -1.21. The molecule has 0 aromatic heterocycles. The van der Waals surface area contributed by atoms with Crippen LogP contribution < -0.4 is 0 Å². The molecule has 78 valence electrons. The van der Waals surface area contributed by atoms with Crippen molar-refractivity contribution in [2.75, 3.05) is 0 Å². The van der Waals surface area contributed by atoms with Crippen molar-refractivity contribution in [3.8, 4) is 0 Å². The standard InChI is InChI=1S/C8H4F2IN3O/c9-8(10,13-14-12)7(15)5-1-3-6(11)4-2-5/h1-4H. The first-order valence-electron chi connectivity index (χ1n) is 3.72. The fourth-order valence-electron chi connectivity index (χ4n) is 0.877. The first-order chi connectivity index (χ1) is 6.97. The number of benzene rings is 1. The number of alkyl halides is 2. The lowest BCUT2D eigenvalue weighted by Crippen LogP contribution is -2.25. The SMILES string of the molecule is [N-]=[N+]=NC(F)(F)C(=O)c1ccc(I)cc1. The van der Waals surface area contributed by atoms with Crippen molar-refractivity contribution in [2.45, 2.75) is 6.05 Å². The monoisotopic (exact) mass is 323 g/mol. The lowest BCUT2D eigenvalue weighted by atomic mass is 10.1. The number of Topliss-reactive ketones (excluding diaryl/α,β-unsaturated/α-hetero) is 1. The molecule has 4 nitrogen and oxygen atoms in total. The van der Waals surface area contributed by atoms with E-state index in [2.05, 4.69) is 5.11 Å². The molecule has 0 aliphatic rings. The maximum atomic E-state index is 12.8. The van der Waals surface area contributed by atoms with Gasteiger partial charge in [-0.3, -0.25) is 4.79 Å². The first kappa shape index (κ1) is 11.9. The van der Waals surface area contributed by atoms with Crippen molar-refractivity contribution in [3.05, 3.63) is 43.8 Å². The van der Waals surface area contributed by atoms with Gasteiger partial charge in [0.05, 0.1) is 0 Å². The smallest absolute Gasteiger partial charge is 0.287 e. The van der Waals surface area contributed by atoms with Gasteiger partial charge >= 0.3 is 6.05 Å². The lowest BCUT2D eigenvalue weighted by molar-refractivity contribution is 0.0148. The molecule has 1 aromatic rings. The second-order valence-corrected chi connectivity index (χ2v) is 3.81. The average molecular weight is 323 g/mol. The molecule has 0 saturated heterocycles. The molecule has 1 aromatic carbocycles. The normalized spacial score (nSPS) is 10.6. The Morgan fingerprint density at radius 2 is 1.93 bits per heavy atom. The number of rotatable bonds is 3. The van der Waals surface area contributed by atoms with Gasteiger partial charge in [0.1, 0.15) is 0 Å². The number of ketones is 1. The molecule has 0 spiro atoms. The molecule has 0 saturated carbocycles. The second kappa shape index (κ2) is 4.54. The van der Waals surface area contributed by atoms with E-state index in [1.54, 1.807) is 0 Å². The van der Waals surface area contributed by atoms with E-state index in [1.165, 1.54) is 24.3 Å². The van der Waals surface area contributed by atoms with Crippen LogP contribution in [0.4, 0.5) is 8.78 Å². The molecule has 1 rings (SSSR count). The predicted molar refractivity (Wildman–Crippen MR) is 57.6 cm³/mol. The Morgan fingerprint density at radius 1 is 1.40 bits per heavy atom. The van der Waals surface area contributed by atoms with Gasteiger partial charge in [-0.1, -0.05) is 12.1 Å². The molecule has 7 heteroatoms. The van der Waals surface area contributed by atoms with Gasteiger partial charge < -0.3 is 0 Å². The van der Waals surface area contributed by atoms with Crippen molar-refractivity contribution in [1.82, 2.24) is 0 Å². The van der Waals surface area contributed by atoms with E-state index in [-0.39, 0.29) is 5.56 Å². The fourth-order valence-corrected chi connectivity index (χ4v) is 1.24. The van der Waals surface area contributed by atoms with Gasteiger partial charge in [0.25, 0.3) is 0 Å². The van der Waals surface area contributed by atoms with Crippen LogP contribution in [0.1, 0.15) is 10.4 Å². The molecule has 0 N–H and O–H groups in total. The summed E-state index contributed by atoms with van der Waals surface area (Å²) in [5, 5.41) is 2.15. The maximum Gasteiger partial charge on any atom is 0.387 e. The van der Waals surface area contributed by atoms with Crippen LogP contribution in [-0.2, 0) is 0 Å². The first-order valence-corrected chi connectivity index (χ1v) is 4.79. The third-order valence-electron chi connectivity index (χ3n) is 1.55. The van der Waals surface area contributed by atoms with Crippen LogP contribution in [0.25, 0.3) is 10.4 Å². The summed E-state index contributed by atoms with van der Waals surface area (Å²) in [6.45, 7) is 0. The number of nitrogens with zero attached hydrogens (tertiary/aromatic N) is 3. The number of halogens is 3. The van der Waals surface area contributed by atoms with Crippen molar-refractivity contribution in [3.63, 3.8) is 0 Å². The largest absolute Gasteiger partial charge is 0.387 e. The molecule has 0 amide bonds. The van der Waals surface area contributed by atoms with Crippen LogP contribution >= 0.6 is 22.6 Å². The van der Waals surface area contributed by atoms with Gasteiger partial charge in [-0.05, 0) is 45.4 Å². The Labute approximate surface area is 97.0 Å². The van der Waals surface area contributed by atoms with Crippen LogP contribution in [0.2, 0.25) is 0 Å². The van der Waals surface area contributed by atoms with Gasteiger partial charge in [-0.2, -0.15) is 8.78 Å². The molecule has 0 heterocycles. The van der Waals surface area contributed by atoms with Crippen molar-refractivity contribution < 1.29 is 13.6 Å². The summed E-state index contributed by atoms with van der Waals surface area (Å²) in [5.74, 6) is -1.50. The zero-order chi connectivity index (χ0) is 11.5. The average Bonchev–Trinajstić information content (AvgIpc) is 2.18. The summed E-state index contributed by atoms with van der Waals surface area (Å²) in [7, 11) is 0. The zero-order valence-corrected chi connectivity index (χ0v) is 9.35. The van der Waals surface area contributed by atoms with Crippen LogP contribution in [0, 0.1) is 3.57 Å². The van der Waals surface area contributed by atoms with E-state index in [0.29, 0.717) is 0 Å². The number of carbonyl (C=O) groups is 1. The van der Waals surface area contributed by atoms with E-state index in [4.69, 9.17) is 5.53 Å². The highest BCUT2D eigenvalue weighted by molar-refractivity contribution is 14.1. The summed E-state index contributed by atoms with van der Waals surface area (Å²) in [4.78, 5) is 13.1. The molecule has 15 heavy (non-hydrogen) atoms. The number of hydrogen-bond acceptors (Lipinski definition) is 2. The van der Waals surface area contributed by atoms with Gasteiger partial charge in [0.15, 0.2) is 0 Å². The quantitative estimate of drug-likeness (QED) is 0.210. The van der Waals surface area contributed by atoms with Crippen molar-refractivity contribution in [1.29, 1.82) is 0 Å². The van der Waals surface area contributed by atoms with E-state index >= 15 is 0 Å². The van der Waals surface area contributed by atoms with E-state index in [9.17, 15) is 13.6 Å². The zero-order valence-electron chi connectivity index (χ0n) is 7.19. The summed E-state index contributed by atoms with van der Waals surface area (Å²) in [6.07, 6.45) is 0. The van der Waals surface area contributed by atoms with Gasteiger partial charge in [-0.15, -0.1) is 0 Å². The molecule has 0 atom stereocenters. The highest BCUT2D eigenvalue weighted by atomic mass is 127. The van der Waals surface area contributed by atoms with Gasteiger partial charge in [0.2, 0.25) is 5.78 Å². The molecule has 0 radical (unpaired) electrons. The Morgan fingerprint density at radius 3 is 2.40 bits per heavy atom. The molecule has 0 aliphatic carbocycles. The molecule has 0 fully saturated rings. The topological polar surface area (TPSA) is 65.8 Å². The molecular weight excluding hydrogens is 319 g/mol. The van der Waals surface area contributed by atoms with E-state index < -0.39 is 11.8 Å². The minimum absolute atomic E-state index is 0.187. The molecule has 0 aliphatic heterocycles. The summed E-state index contributed by atoms with van der Waals surface area (Å²) in [6, 6.07) is 1.51. The van der Waals surface area contributed by atoms with E-state index in [1.807, 2.05) is 27.5 Å². The number of hydrogen-bond donors (Lipinski definition) is 0. The van der Waals surface area contributed by atoms with Crippen molar-refractivity contribution in [2.24, 2.45) is 5.11 Å². The summed E-state index contributed by atoms with van der Waals surface area (Å²) in [5.41, 5.74) is 7.68. The third kappa shape index (κ3) is 2.87. The number of carbonyl (C=O) groups excluding carboxylic acids is 1. The Balaban J connectivity index is 3.04. The number of azide groups is 1.